The van der Waals surface area contributed by atoms with Crippen LogP contribution in [0.15, 0.2) is 41.4 Å². The van der Waals surface area contributed by atoms with E-state index in [0.29, 0.717) is 38.1 Å². The molecule has 1 N–H and O–H groups in total. The molecule has 2 aromatic carbocycles. The number of thioether (sulfide) groups is 1. The molecule has 26 heavy (non-hydrogen) atoms. The van der Waals surface area contributed by atoms with E-state index in [4.69, 9.17) is 21.1 Å². The van der Waals surface area contributed by atoms with E-state index < -0.39 is 0 Å². The second-order valence-electron chi connectivity index (χ2n) is 5.36. The van der Waals surface area contributed by atoms with Crippen molar-refractivity contribution in [1.82, 2.24) is 4.98 Å². The van der Waals surface area contributed by atoms with Crippen molar-refractivity contribution in [2.45, 2.75) is 10.8 Å². The van der Waals surface area contributed by atoms with Crippen molar-refractivity contribution >= 4 is 34.1 Å². The zero-order valence-electron chi connectivity index (χ0n) is 14.1. The summed E-state index contributed by atoms with van der Waals surface area (Å²) in [5.74, 6) is 1.26. The molecule has 1 heterocycles. The fourth-order valence-electron chi connectivity index (χ4n) is 2.58. The van der Waals surface area contributed by atoms with Crippen LogP contribution in [0.25, 0.3) is 10.8 Å². The summed E-state index contributed by atoms with van der Waals surface area (Å²) in [4.78, 5) is 4.20. The Bertz CT molecular complexity index is 1020. The normalized spacial score (nSPS) is 10.5. The van der Waals surface area contributed by atoms with Crippen LogP contribution in [0.5, 0.6) is 17.4 Å². The van der Waals surface area contributed by atoms with Gasteiger partial charge in [0.1, 0.15) is 16.7 Å². The van der Waals surface area contributed by atoms with Crippen LogP contribution in [0, 0.1) is 11.3 Å². The molecule has 0 aliphatic rings. The number of aromatic nitrogens is 1. The Morgan fingerprint density at radius 3 is 2.42 bits per heavy atom. The van der Waals surface area contributed by atoms with Gasteiger partial charge in [-0.05, 0) is 23.8 Å². The number of methoxy groups -OCH3 is 2. The van der Waals surface area contributed by atoms with E-state index in [1.54, 1.807) is 19.2 Å². The number of aromatic hydroxyl groups is 1. The van der Waals surface area contributed by atoms with E-state index in [-0.39, 0.29) is 11.4 Å². The van der Waals surface area contributed by atoms with Crippen LogP contribution < -0.4 is 9.47 Å². The summed E-state index contributed by atoms with van der Waals surface area (Å²) in [5.41, 5.74) is 1.06. The summed E-state index contributed by atoms with van der Waals surface area (Å²) in [6.07, 6.45) is 0. The van der Waals surface area contributed by atoms with E-state index in [1.165, 1.54) is 18.9 Å². The highest BCUT2D eigenvalue weighted by atomic mass is 35.5. The highest BCUT2D eigenvalue weighted by Crippen LogP contribution is 2.40. The SMILES string of the molecule is COc1cc2c(SCc3ccccc3Cl)nc(O)c(C#N)c2cc1OC. The molecule has 0 saturated heterocycles. The van der Waals surface area contributed by atoms with Gasteiger partial charge in [0.2, 0.25) is 5.88 Å². The minimum absolute atomic E-state index is 0.100. The maximum Gasteiger partial charge on any atom is 0.230 e. The molecule has 0 unspecified atom stereocenters. The zero-order chi connectivity index (χ0) is 18.7. The van der Waals surface area contributed by atoms with Gasteiger partial charge in [0.05, 0.1) is 14.2 Å². The van der Waals surface area contributed by atoms with Crippen LogP contribution in [0.3, 0.4) is 0 Å². The minimum Gasteiger partial charge on any atom is -0.493 e. The molecular formula is C19H15ClN2O3S. The lowest BCUT2D eigenvalue weighted by molar-refractivity contribution is 0.355. The number of rotatable bonds is 5. The zero-order valence-corrected chi connectivity index (χ0v) is 15.7. The molecule has 5 nitrogen and oxygen atoms in total. The lowest BCUT2D eigenvalue weighted by Gasteiger charge is -2.13. The average Bonchev–Trinajstić information content (AvgIpc) is 2.66. The molecule has 7 heteroatoms. The average molecular weight is 387 g/mol. The third-order valence-corrected chi connectivity index (χ3v) is 5.30. The molecule has 132 valence electrons. The molecule has 0 spiro atoms. The first-order chi connectivity index (χ1) is 12.6. The van der Waals surface area contributed by atoms with Crippen molar-refractivity contribution in [2.24, 2.45) is 0 Å². The third kappa shape index (κ3) is 3.36. The van der Waals surface area contributed by atoms with Crippen molar-refractivity contribution < 1.29 is 14.6 Å². The molecule has 0 aliphatic carbocycles. The van der Waals surface area contributed by atoms with Crippen molar-refractivity contribution in [3.8, 4) is 23.4 Å². The Morgan fingerprint density at radius 2 is 1.81 bits per heavy atom. The van der Waals surface area contributed by atoms with Gasteiger partial charge in [-0.2, -0.15) is 5.26 Å². The highest BCUT2D eigenvalue weighted by molar-refractivity contribution is 7.98. The number of benzene rings is 2. The predicted octanol–water partition coefficient (Wildman–Crippen LogP) is 4.77. The summed E-state index contributed by atoms with van der Waals surface area (Å²) in [6, 6.07) is 13.0. The molecule has 0 amide bonds. The highest BCUT2D eigenvalue weighted by Gasteiger charge is 2.18. The smallest absolute Gasteiger partial charge is 0.230 e. The molecule has 0 bridgehead atoms. The van der Waals surface area contributed by atoms with Gasteiger partial charge in [-0.1, -0.05) is 29.8 Å². The molecule has 0 atom stereocenters. The van der Waals surface area contributed by atoms with Crippen molar-refractivity contribution in [1.29, 1.82) is 5.26 Å². The fraction of sp³-hybridized carbons (Fsp3) is 0.158. The monoisotopic (exact) mass is 386 g/mol. The first-order valence-electron chi connectivity index (χ1n) is 7.64. The van der Waals surface area contributed by atoms with Crippen molar-refractivity contribution in [3.05, 3.63) is 52.5 Å². The predicted molar refractivity (Wildman–Crippen MR) is 102 cm³/mol. The fourth-order valence-corrected chi connectivity index (χ4v) is 3.88. The van der Waals surface area contributed by atoms with Crippen LogP contribution in [-0.2, 0) is 5.75 Å². The van der Waals surface area contributed by atoms with E-state index in [2.05, 4.69) is 4.98 Å². The maximum atomic E-state index is 10.2. The molecule has 3 rings (SSSR count). The quantitative estimate of drug-likeness (QED) is 0.636. The summed E-state index contributed by atoms with van der Waals surface area (Å²) < 4.78 is 10.7. The summed E-state index contributed by atoms with van der Waals surface area (Å²) in [7, 11) is 3.06. The first kappa shape index (κ1) is 18.2. The number of pyridine rings is 1. The van der Waals surface area contributed by atoms with E-state index in [1.807, 2.05) is 30.3 Å². The molecule has 0 fully saturated rings. The minimum atomic E-state index is -0.311. The number of nitriles is 1. The van der Waals surface area contributed by atoms with Crippen LogP contribution in [0.4, 0.5) is 0 Å². The summed E-state index contributed by atoms with van der Waals surface area (Å²) in [5, 5.41) is 22.1. The van der Waals surface area contributed by atoms with E-state index >= 15 is 0 Å². The van der Waals surface area contributed by atoms with Crippen LogP contribution in [0.1, 0.15) is 11.1 Å². The lowest BCUT2D eigenvalue weighted by Crippen LogP contribution is -1.95. The Kier molecular flexibility index (Phi) is 5.40. The van der Waals surface area contributed by atoms with Gasteiger partial charge in [-0.3, -0.25) is 0 Å². The molecule has 0 saturated carbocycles. The molecule has 0 radical (unpaired) electrons. The van der Waals surface area contributed by atoms with Gasteiger partial charge in [-0.25, -0.2) is 4.98 Å². The topological polar surface area (TPSA) is 75.4 Å². The number of halogens is 1. The summed E-state index contributed by atoms with van der Waals surface area (Å²) >= 11 is 7.63. The Balaban J connectivity index is 2.13. The number of nitrogens with zero attached hydrogens (tertiary/aromatic N) is 2. The number of ether oxygens (including phenoxy) is 2. The molecule has 3 aromatic rings. The Morgan fingerprint density at radius 1 is 1.15 bits per heavy atom. The maximum absolute atomic E-state index is 10.2. The van der Waals surface area contributed by atoms with Gasteiger partial charge in [0, 0.05) is 21.5 Å². The lowest BCUT2D eigenvalue weighted by atomic mass is 10.1. The van der Waals surface area contributed by atoms with Gasteiger partial charge < -0.3 is 14.6 Å². The van der Waals surface area contributed by atoms with E-state index in [9.17, 15) is 10.4 Å². The summed E-state index contributed by atoms with van der Waals surface area (Å²) in [6.45, 7) is 0. The molecule has 1 aromatic heterocycles. The Hall–Kier alpha value is -2.62. The number of hydrogen-bond donors (Lipinski definition) is 1. The Labute approximate surface area is 160 Å². The van der Waals surface area contributed by atoms with Crippen LogP contribution in [-0.4, -0.2) is 24.3 Å². The van der Waals surface area contributed by atoms with E-state index in [0.717, 1.165) is 5.56 Å². The van der Waals surface area contributed by atoms with Crippen LogP contribution >= 0.6 is 23.4 Å². The second-order valence-corrected chi connectivity index (χ2v) is 6.73. The second kappa shape index (κ2) is 7.73. The van der Waals surface area contributed by atoms with Crippen molar-refractivity contribution in [3.63, 3.8) is 0 Å². The van der Waals surface area contributed by atoms with Gasteiger partial charge in [0.15, 0.2) is 11.5 Å². The molecule has 0 aliphatic heterocycles. The van der Waals surface area contributed by atoms with Gasteiger partial charge >= 0.3 is 0 Å². The van der Waals surface area contributed by atoms with Crippen molar-refractivity contribution in [2.75, 3.05) is 14.2 Å². The largest absolute Gasteiger partial charge is 0.493 e. The third-order valence-electron chi connectivity index (χ3n) is 3.89. The van der Waals surface area contributed by atoms with Gasteiger partial charge in [-0.15, -0.1) is 11.8 Å². The number of hydrogen-bond acceptors (Lipinski definition) is 6. The van der Waals surface area contributed by atoms with Gasteiger partial charge in [0.25, 0.3) is 0 Å². The number of fused-ring (bicyclic) bond motifs is 1. The first-order valence-corrected chi connectivity index (χ1v) is 9.00. The standard InChI is InChI=1S/C19H15ClN2O3S/c1-24-16-7-12-13(8-17(16)25-2)19(22-18(23)14(12)9-21)26-10-11-5-3-4-6-15(11)20/h3-8H,10H2,1-2H3,(H,22,23). The van der Waals surface area contributed by atoms with Crippen LogP contribution in [0.2, 0.25) is 5.02 Å². The molecular weight excluding hydrogens is 372 g/mol.